The van der Waals surface area contributed by atoms with Crippen molar-refractivity contribution < 1.29 is 19.3 Å². The smallest absolute Gasteiger partial charge is 0.160 e. The van der Waals surface area contributed by atoms with Gasteiger partial charge >= 0.3 is 0 Å². The third kappa shape index (κ3) is 2.70. The minimum atomic E-state index is -0.737. The van der Waals surface area contributed by atoms with Crippen LogP contribution >= 0.6 is 0 Å². The second kappa shape index (κ2) is 4.94. The molecule has 1 N–H and O–H groups in total. The lowest BCUT2D eigenvalue weighted by atomic mass is 9.94. The zero-order chi connectivity index (χ0) is 12.3. The molecule has 4 nitrogen and oxygen atoms in total. The van der Waals surface area contributed by atoms with E-state index in [-0.39, 0.29) is 0 Å². The van der Waals surface area contributed by atoms with Gasteiger partial charge in [0.2, 0.25) is 0 Å². The van der Waals surface area contributed by atoms with Crippen molar-refractivity contribution in [2.45, 2.75) is 18.4 Å². The van der Waals surface area contributed by atoms with Gasteiger partial charge in [0, 0.05) is 19.4 Å². The summed E-state index contributed by atoms with van der Waals surface area (Å²) in [6, 6.07) is 5.69. The number of rotatable bonds is 4. The van der Waals surface area contributed by atoms with Gasteiger partial charge in [-0.15, -0.1) is 0 Å². The molecule has 1 aromatic rings. The lowest BCUT2D eigenvalue weighted by Gasteiger charge is -2.20. The molecule has 0 bridgehead atoms. The number of methoxy groups -OCH3 is 2. The van der Waals surface area contributed by atoms with E-state index in [2.05, 4.69) is 0 Å². The Morgan fingerprint density at radius 2 is 2.06 bits per heavy atom. The summed E-state index contributed by atoms with van der Waals surface area (Å²) >= 11 is 0. The summed E-state index contributed by atoms with van der Waals surface area (Å²) < 4.78 is 15.6. The summed E-state index contributed by atoms with van der Waals surface area (Å²) in [4.78, 5) is 0. The van der Waals surface area contributed by atoms with E-state index >= 15 is 0 Å². The third-order valence-corrected chi connectivity index (χ3v) is 3.06. The maximum Gasteiger partial charge on any atom is 0.160 e. The fourth-order valence-electron chi connectivity index (χ4n) is 2.11. The average molecular weight is 238 g/mol. The Kier molecular flexibility index (Phi) is 3.54. The van der Waals surface area contributed by atoms with E-state index < -0.39 is 5.60 Å². The van der Waals surface area contributed by atoms with Gasteiger partial charge in [0.25, 0.3) is 0 Å². The van der Waals surface area contributed by atoms with E-state index in [4.69, 9.17) is 14.2 Å². The minimum Gasteiger partial charge on any atom is -0.493 e. The molecule has 1 heterocycles. The minimum absolute atomic E-state index is 0.404. The Labute approximate surface area is 101 Å². The first kappa shape index (κ1) is 12.2. The number of ether oxygens (including phenoxy) is 3. The van der Waals surface area contributed by atoms with Crippen molar-refractivity contribution in [2.24, 2.45) is 0 Å². The zero-order valence-corrected chi connectivity index (χ0v) is 10.2. The number of benzene rings is 1. The van der Waals surface area contributed by atoms with Crippen molar-refractivity contribution in [1.82, 2.24) is 0 Å². The highest BCUT2D eigenvalue weighted by atomic mass is 16.5. The molecule has 1 aliphatic heterocycles. The Morgan fingerprint density at radius 1 is 1.29 bits per heavy atom. The molecular weight excluding hydrogens is 220 g/mol. The SMILES string of the molecule is COc1ccc(CC2(O)CCOC2)cc1OC. The van der Waals surface area contributed by atoms with E-state index in [9.17, 15) is 5.11 Å². The molecule has 1 aromatic carbocycles. The van der Waals surface area contributed by atoms with Crippen LogP contribution in [0.5, 0.6) is 11.5 Å². The molecule has 0 spiro atoms. The van der Waals surface area contributed by atoms with Gasteiger partial charge in [-0.25, -0.2) is 0 Å². The largest absolute Gasteiger partial charge is 0.493 e. The van der Waals surface area contributed by atoms with E-state index in [1.54, 1.807) is 14.2 Å². The highest BCUT2D eigenvalue weighted by molar-refractivity contribution is 5.43. The van der Waals surface area contributed by atoms with Gasteiger partial charge in [-0.05, 0) is 17.7 Å². The van der Waals surface area contributed by atoms with Crippen molar-refractivity contribution in [3.05, 3.63) is 23.8 Å². The molecule has 1 unspecified atom stereocenters. The summed E-state index contributed by atoms with van der Waals surface area (Å²) in [5.41, 5.74) is 0.287. The summed E-state index contributed by atoms with van der Waals surface area (Å²) in [7, 11) is 3.21. The van der Waals surface area contributed by atoms with Crippen LogP contribution < -0.4 is 9.47 Å². The molecule has 0 radical (unpaired) electrons. The first-order valence-corrected chi connectivity index (χ1v) is 5.68. The van der Waals surface area contributed by atoms with E-state index in [1.165, 1.54) is 0 Å². The molecule has 1 atom stereocenters. The van der Waals surface area contributed by atoms with E-state index in [1.807, 2.05) is 18.2 Å². The molecule has 2 rings (SSSR count). The molecule has 94 valence electrons. The van der Waals surface area contributed by atoms with Crippen LogP contribution in [0.4, 0.5) is 0 Å². The molecular formula is C13H18O4. The average Bonchev–Trinajstić information content (AvgIpc) is 2.75. The molecule has 1 aliphatic rings. The second-order valence-electron chi connectivity index (χ2n) is 4.39. The molecule has 0 aliphatic carbocycles. The predicted molar refractivity (Wildman–Crippen MR) is 63.6 cm³/mol. The van der Waals surface area contributed by atoms with Gasteiger partial charge in [-0.1, -0.05) is 6.07 Å². The summed E-state index contributed by atoms with van der Waals surface area (Å²) in [6.45, 7) is 1.03. The van der Waals surface area contributed by atoms with Crippen molar-refractivity contribution in [3.63, 3.8) is 0 Å². The Bertz CT molecular complexity index is 383. The van der Waals surface area contributed by atoms with Gasteiger partial charge in [-0.3, -0.25) is 0 Å². The van der Waals surface area contributed by atoms with Crippen molar-refractivity contribution in [3.8, 4) is 11.5 Å². The molecule has 0 amide bonds. The van der Waals surface area contributed by atoms with Crippen LogP contribution in [0.1, 0.15) is 12.0 Å². The molecule has 0 saturated carbocycles. The summed E-state index contributed by atoms with van der Waals surface area (Å²) in [5.74, 6) is 1.39. The molecule has 1 saturated heterocycles. The number of aliphatic hydroxyl groups is 1. The van der Waals surface area contributed by atoms with Gasteiger partial charge in [0.05, 0.1) is 26.4 Å². The summed E-state index contributed by atoms with van der Waals surface area (Å²) in [6.07, 6.45) is 1.26. The van der Waals surface area contributed by atoms with E-state index in [0.29, 0.717) is 37.6 Å². The van der Waals surface area contributed by atoms with E-state index in [0.717, 1.165) is 5.56 Å². The maximum absolute atomic E-state index is 10.2. The predicted octanol–water partition coefficient (Wildman–Crippen LogP) is 1.40. The van der Waals surface area contributed by atoms with Gasteiger partial charge in [0.1, 0.15) is 0 Å². The Hall–Kier alpha value is -1.26. The Morgan fingerprint density at radius 3 is 2.65 bits per heavy atom. The van der Waals surface area contributed by atoms with Crippen LogP contribution in [0, 0.1) is 0 Å². The topological polar surface area (TPSA) is 47.9 Å². The van der Waals surface area contributed by atoms with Crippen LogP contribution in [-0.4, -0.2) is 38.1 Å². The van der Waals surface area contributed by atoms with Crippen molar-refractivity contribution in [2.75, 3.05) is 27.4 Å². The zero-order valence-electron chi connectivity index (χ0n) is 10.2. The van der Waals surface area contributed by atoms with Crippen molar-refractivity contribution in [1.29, 1.82) is 0 Å². The Balaban J connectivity index is 2.16. The quantitative estimate of drug-likeness (QED) is 0.861. The third-order valence-electron chi connectivity index (χ3n) is 3.06. The second-order valence-corrected chi connectivity index (χ2v) is 4.39. The number of hydrogen-bond donors (Lipinski definition) is 1. The lowest BCUT2D eigenvalue weighted by molar-refractivity contribution is 0.0270. The van der Waals surface area contributed by atoms with Gasteiger partial charge in [-0.2, -0.15) is 0 Å². The molecule has 1 fully saturated rings. The first-order valence-electron chi connectivity index (χ1n) is 5.68. The lowest BCUT2D eigenvalue weighted by Crippen LogP contribution is -2.31. The van der Waals surface area contributed by atoms with Gasteiger partial charge < -0.3 is 19.3 Å². The molecule has 4 heteroatoms. The number of hydrogen-bond acceptors (Lipinski definition) is 4. The van der Waals surface area contributed by atoms with Crippen LogP contribution in [0.2, 0.25) is 0 Å². The van der Waals surface area contributed by atoms with Gasteiger partial charge in [0.15, 0.2) is 11.5 Å². The standard InChI is InChI=1S/C13H18O4/c1-15-11-4-3-10(7-12(11)16-2)8-13(14)5-6-17-9-13/h3-4,7,14H,5-6,8-9H2,1-2H3. The summed E-state index contributed by atoms with van der Waals surface area (Å²) in [5, 5.41) is 10.2. The first-order chi connectivity index (χ1) is 8.17. The normalized spacial score (nSPS) is 23.7. The van der Waals surface area contributed by atoms with Crippen LogP contribution in [0.25, 0.3) is 0 Å². The fraction of sp³-hybridized carbons (Fsp3) is 0.538. The van der Waals surface area contributed by atoms with Crippen LogP contribution in [-0.2, 0) is 11.2 Å². The van der Waals surface area contributed by atoms with Crippen molar-refractivity contribution >= 4 is 0 Å². The highest BCUT2D eigenvalue weighted by Crippen LogP contribution is 2.30. The molecule has 0 aromatic heterocycles. The maximum atomic E-state index is 10.2. The highest BCUT2D eigenvalue weighted by Gasteiger charge is 2.32. The monoisotopic (exact) mass is 238 g/mol. The van der Waals surface area contributed by atoms with Crippen LogP contribution in [0.3, 0.4) is 0 Å². The van der Waals surface area contributed by atoms with Crippen LogP contribution in [0.15, 0.2) is 18.2 Å². The fourth-order valence-corrected chi connectivity index (χ4v) is 2.11. The molecule has 17 heavy (non-hydrogen) atoms.